The first-order chi connectivity index (χ1) is 6.47. The van der Waals surface area contributed by atoms with Crippen molar-refractivity contribution >= 4 is 5.91 Å². The van der Waals surface area contributed by atoms with Gasteiger partial charge < -0.3 is 5.32 Å². The zero-order chi connectivity index (χ0) is 10.6. The molecule has 0 aliphatic carbocycles. The molecule has 0 aliphatic rings. The molecule has 0 aromatic heterocycles. The molecule has 2 heteroatoms. The number of hydrogen-bond acceptors (Lipinski definition) is 1. The molecule has 0 saturated heterocycles. The normalized spacial score (nSPS) is 11.1. The van der Waals surface area contributed by atoms with E-state index in [1.165, 1.54) is 0 Å². The monoisotopic (exact) mass is 191 g/mol. The minimum absolute atomic E-state index is 0.0729. The van der Waals surface area contributed by atoms with E-state index in [1.54, 1.807) is 0 Å². The standard InChI is InChI=1S/C12H17NO/c1-12(2,3)13-11(14)9-10-7-5-4-6-8-10/h4-8H,9H2,1-3H3,(H,13,14). The molecule has 1 rings (SSSR count). The number of amides is 1. The molecule has 0 spiro atoms. The van der Waals surface area contributed by atoms with Crippen molar-refractivity contribution in [3.8, 4) is 0 Å². The van der Waals surface area contributed by atoms with Crippen LogP contribution in [0.1, 0.15) is 26.3 Å². The van der Waals surface area contributed by atoms with Gasteiger partial charge in [-0.3, -0.25) is 4.79 Å². The molecule has 1 amide bonds. The summed E-state index contributed by atoms with van der Waals surface area (Å²) in [4.78, 5) is 11.5. The van der Waals surface area contributed by atoms with Crippen LogP contribution in [-0.2, 0) is 11.2 Å². The third kappa shape index (κ3) is 4.08. The molecule has 1 aromatic rings. The van der Waals surface area contributed by atoms with Crippen LogP contribution in [0.15, 0.2) is 30.3 Å². The number of carbonyl (C=O) groups excluding carboxylic acids is 1. The summed E-state index contributed by atoms with van der Waals surface area (Å²) in [7, 11) is 0. The van der Waals surface area contributed by atoms with Crippen LogP contribution in [0.2, 0.25) is 0 Å². The first kappa shape index (κ1) is 10.8. The molecule has 0 bridgehead atoms. The molecule has 0 fully saturated rings. The fourth-order valence-electron chi connectivity index (χ4n) is 1.24. The molecule has 0 atom stereocenters. The molecule has 1 aromatic carbocycles. The van der Waals surface area contributed by atoms with E-state index in [0.29, 0.717) is 6.42 Å². The Balaban J connectivity index is 2.50. The molecule has 1 N–H and O–H groups in total. The van der Waals surface area contributed by atoms with E-state index < -0.39 is 0 Å². The fraction of sp³-hybridized carbons (Fsp3) is 0.417. The average Bonchev–Trinajstić information content (AvgIpc) is 2.02. The van der Waals surface area contributed by atoms with Gasteiger partial charge in [0.15, 0.2) is 0 Å². The summed E-state index contributed by atoms with van der Waals surface area (Å²) in [5.41, 5.74) is 0.903. The van der Waals surface area contributed by atoms with Gasteiger partial charge in [0.2, 0.25) is 5.91 Å². The second kappa shape index (κ2) is 4.27. The van der Waals surface area contributed by atoms with E-state index in [9.17, 15) is 4.79 Å². The topological polar surface area (TPSA) is 29.1 Å². The van der Waals surface area contributed by atoms with Gasteiger partial charge in [-0.05, 0) is 26.3 Å². The summed E-state index contributed by atoms with van der Waals surface area (Å²) in [6, 6.07) is 9.76. The van der Waals surface area contributed by atoms with Crippen molar-refractivity contribution in [3.63, 3.8) is 0 Å². The average molecular weight is 191 g/mol. The molecule has 0 unspecified atom stereocenters. The van der Waals surface area contributed by atoms with Crippen molar-refractivity contribution in [2.45, 2.75) is 32.7 Å². The van der Waals surface area contributed by atoms with Crippen molar-refractivity contribution in [3.05, 3.63) is 35.9 Å². The Hall–Kier alpha value is -1.31. The maximum Gasteiger partial charge on any atom is 0.224 e. The van der Waals surface area contributed by atoms with E-state index in [0.717, 1.165) is 5.56 Å². The maximum atomic E-state index is 11.5. The third-order valence-corrected chi connectivity index (χ3v) is 1.72. The Kier molecular flexibility index (Phi) is 3.28. The first-order valence-electron chi connectivity index (χ1n) is 4.82. The van der Waals surface area contributed by atoms with Crippen molar-refractivity contribution in [1.82, 2.24) is 5.32 Å². The number of carbonyl (C=O) groups is 1. The van der Waals surface area contributed by atoms with Crippen LogP contribution in [0.5, 0.6) is 0 Å². The van der Waals surface area contributed by atoms with E-state index in [2.05, 4.69) is 5.32 Å². The van der Waals surface area contributed by atoms with Gasteiger partial charge >= 0.3 is 0 Å². The quantitative estimate of drug-likeness (QED) is 0.762. The number of hydrogen-bond donors (Lipinski definition) is 1. The first-order valence-corrected chi connectivity index (χ1v) is 4.82. The van der Waals surface area contributed by atoms with Gasteiger partial charge in [-0.15, -0.1) is 0 Å². The molecular formula is C12H17NO. The highest BCUT2D eigenvalue weighted by Crippen LogP contribution is 2.02. The second-order valence-corrected chi connectivity index (χ2v) is 4.46. The van der Waals surface area contributed by atoms with Crippen LogP contribution >= 0.6 is 0 Å². The Morgan fingerprint density at radius 2 is 1.79 bits per heavy atom. The van der Waals surface area contributed by atoms with Crippen LogP contribution in [0.25, 0.3) is 0 Å². The number of rotatable bonds is 2. The predicted octanol–water partition coefficient (Wildman–Crippen LogP) is 2.14. The summed E-state index contributed by atoms with van der Waals surface area (Å²) in [5.74, 6) is 0.0729. The summed E-state index contributed by atoms with van der Waals surface area (Å²) in [5, 5.41) is 2.93. The Labute approximate surface area is 85.3 Å². The van der Waals surface area contributed by atoms with E-state index >= 15 is 0 Å². The zero-order valence-electron chi connectivity index (χ0n) is 9.00. The summed E-state index contributed by atoms with van der Waals surface area (Å²) in [6.07, 6.45) is 0.456. The van der Waals surface area contributed by atoms with Gasteiger partial charge in [-0.25, -0.2) is 0 Å². The SMILES string of the molecule is CC(C)(C)NC(=O)Cc1ccccc1. The van der Waals surface area contributed by atoms with Crippen molar-refractivity contribution in [2.75, 3.05) is 0 Å². The minimum Gasteiger partial charge on any atom is -0.351 e. The molecule has 0 heterocycles. The number of benzene rings is 1. The smallest absolute Gasteiger partial charge is 0.224 e. The lowest BCUT2D eigenvalue weighted by atomic mass is 10.1. The summed E-state index contributed by atoms with van der Waals surface area (Å²) >= 11 is 0. The second-order valence-electron chi connectivity index (χ2n) is 4.46. The van der Waals surface area contributed by atoms with Crippen LogP contribution in [0.3, 0.4) is 0 Å². The molecule has 2 nitrogen and oxygen atoms in total. The van der Waals surface area contributed by atoms with E-state index in [-0.39, 0.29) is 11.4 Å². The minimum atomic E-state index is -0.147. The van der Waals surface area contributed by atoms with Gasteiger partial charge in [-0.1, -0.05) is 30.3 Å². The molecular weight excluding hydrogens is 174 g/mol. The Bertz CT molecular complexity index is 298. The van der Waals surface area contributed by atoms with Crippen molar-refractivity contribution in [2.24, 2.45) is 0 Å². The van der Waals surface area contributed by atoms with E-state index in [1.807, 2.05) is 51.1 Å². The highest BCUT2D eigenvalue weighted by molar-refractivity contribution is 5.79. The van der Waals surface area contributed by atoms with Crippen LogP contribution in [0.4, 0.5) is 0 Å². The van der Waals surface area contributed by atoms with Crippen molar-refractivity contribution < 1.29 is 4.79 Å². The van der Waals surface area contributed by atoms with Crippen molar-refractivity contribution in [1.29, 1.82) is 0 Å². The van der Waals surface area contributed by atoms with Gasteiger partial charge in [-0.2, -0.15) is 0 Å². The Morgan fingerprint density at radius 1 is 1.21 bits per heavy atom. The zero-order valence-corrected chi connectivity index (χ0v) is 9.00. The van der Waals surface area contributed by atoms with E-state index in [4.69, 9.17) is 0 Å². The largest absolute Gasteiger partial charge is 0.351 e. The van der Waals surface area contributed by atoms with Gasteiger partial charge in [0.1, 0.15) is 0 Å². The van der Waals surface area contributed by atoms with Crippen LogP contribution < -0.4 is 5.32 Å². The molecule has 0 aliphatic heterocycles. The Morgan fingerprint density at radius 3 is 2.29 bits per heavy atom. The maximum absolute atomic E-state index is 11.5. The lowest BCUT2D eigenvalue weighted by Crippen LogP contribution is -2.41. The van der Waals surface area contributed by atoms with Gasteiger partial charge in [0, 0.05) is 5.54 Å². The van der Waals surface area contributed by atoms with Gasteiger partial charge in [0.05, 0.1) is 6.42 Å². The van der Waals surface area contributed by atoms with Crippen LogP contribution in [0, 0.1) is 0 Å². The molecule has 76 valence electrons. The number of nitrogens with one attached hydrogen (secondary N) is 1. The highest BCUT2D eigenvalue weighted by Gasteiger charge is 2.13. The molecule has 0 saturated carbocycles. The lowest BCUT2D eigenvalue weighted by Gasteiger charge is -2.20. The fourth-order valence-corrected chi connectivity index (χ4v) is 1.24. The lowest BCUT2D eigenvalue weighted by molar-refractivity contribution is -0.121. The molecule has 0 radical (unpaired) electrons. The third-order valence-electron chi connectivity index (χ3n) is 1.72. The highest BCUT2D eigenvalue weighted by atomic mass is 16.1. The van der Waals surface area contributed by atoms with Gasteiger partial charge in [0.25, 0.3) is 0 Å². The molecule has 14 heavy (non-hydrogen) atoms. The summed E-state index contributed by atoms with van der Waals surface area (Å²) in [6.45, 7) is 5.95. The predicted molar refractivity (Wildman–Crippen MR) is 58.0 cm³/mol. The van der Waals surface area contributed by atoms with Crippen LogP contribution in [-0.4, -0.2) is 11.4 Å². The summed E-state index contributed by atoms with van der Waals surface area (Å²) < 4.78 is 0.